The van der Waals surface area contributed by atoms with Crippen LogP contribution in [0.4, 0.5) is 11.4 Å². The second kappa shape index (κ2) is 7.04. The Kier molecular flexibility index (Phi) is 5.36. The van der Waals surface area contributed by atoms with Gasteiger partial charge in [0.15, 0.2) is 5.96 Å². The Bertz CT molecular complexity index is 493. The fourth-order valence-electron chi connectivity index (χ4n) is 2.04. The molecule has 0 aliphatic carbocycles. The summed E-state index contributed by atoms with van der Waals surface area (Å²) < 4.78 is 5.35. The van der Waals surface area contributed by atoms with Crippen LogP contribution in [-0.4, -0.2) is 37.6 Å². The SMILES string of the molecule is CN=C(Nc1ccccc1N1CCOSC1)NC(C)(C)C. The average Bonchev–Trinajstić information content (AvgIpc) is 2.46. The number of nitrogens with one attached hydrogen (secondary N) is 2. The minimum absolute atomic E-state index is 0.0361. The van der Waals surface area contributed by atoms with Crippen molar-refractivity contribution in [3.63, 3.8) is 0 Å². The molecule has 1 aromatic carbocycles. The predicted octanol–water partition coefficient (Wildman–Crippen LogP) is 2.91. The molecule has 0 unspecified atom stereocenters. The van der Waals surface area contributed by atoms with Crippen molar-refractivity contribution < 1.29 is 4.18 Å². The molecule has 0 atom stereocenters. The molecule has 1 aliphatic heterocycles. The van der Waals surface area contributed by atoms with Crippen LogP contribution in [-0.2, 0) is 4.18 Å². The first-order valence-electron chi connectivity index (χ1n) is 7.10. The summed E-state index contributed by atoms with van der Waals surface area (Å²) in [4.78, 5) is 6.61. The number of guanidine groups is 1. The highest BCUT2D eigenvalue weighted by Crippen LogP contribution is 2.28. The third-order valence-electron chi connectivity index (χ3n) is 2.95. The minimum atomic E-state index is -0.0361. The molecule has 1 aliphatic rings. The van der Waals surface area contributed by atoms with Crippen molar-refractivity contribution in [2.45, 2.75) is 26.3 Å². The zero-order valence-electron chi connectivity index (χ0n) is 13.1. The predicted molar refractivity (Wildman–Crippen MR) is 92.1 cm³/mol. The Morgan fingerprint density at radius 2 is 2.10 bits per heavy atom. The minimum Gasteiger partial charge on any atom is -0.356 e. The second-order valence-corrected chi connectivity index (χ2v) is 6.65. The van der Waals surface area contributed by atoms with Gasteiger partial charge in [0.25, 0.3) is 0 Å². The van der Waals surface area contributed by atoms with Crippen LogP contribution in [0.3, 0.4) is 0 Å². The van der Waals surface area contributed by atoms with Gasteiger partial charge in [-0.1, -0.05) is 12.1 Å². The molecule has 1 heterocycles. The molecule has 0 bridgehead atoms. The van der Waals surface area contributed by atoms with Crippen LogP contribution in [0.1, 0.15) is 20.8 Å². The van der Waals surface area contributed by atoms with E-state index in [1.54, 1.807) is 7.05 Å². The molecule has 1 aromatic rings. The van der Waals surface area contributed by atoms with Crippen LogP contribution < -0.4 is 15.5 Å². The van der Waals surface area contributed by atoms with Crippen molar-refractivity contribution in [2.75, 3.05) is 36.3 Å². The first kappa shape index (κ1) is 16.0. The monoisotopic (exact) mass is 308 g/mol. The third kappa shape index (κ3) is 4.82. The fraction of sp³-hybridized carbons (Fsp3) is 0.533. The van der Waals surface area contributed by atoms with Gasteiger partial charge in [0, 0.05) is 31.2 Å². The van der Waals surface area contributed by atoms with Crippen LogP contribution in [0.2, 0.25) is 0 Å². The van der Waals surface area contributed by atoms with Gasteiger partial charge in [0.05, 0.1) is 23.9 Å². The molecule has 0 saturated carbocycles. The second-order valence-electron chi connectivity index (χ2n) is 5.92. The van der Waals surface area contributed by atoms with Crippen LogP contribution in [0, 0.1) is 0 Å². The number of hydrogen-bond donors (Lipinski definition) is 2. The number of aliphatic imine (C=N–C) groups is 1. The van der Waals surface area contributed by atoms with E-state index in [9.17, 15) is 0 Å². The summed E-state index contributed by atoms with van der Waals surface area (Å²) in [6.07, 6.45) is 0. The van der Waals surface area contributed by atoms with E-state index in [0.29, 0.717) is 0 Å². The Labute approximate surface area is 131 Å². The lowest BCUT2D eigenvalue weighted by atomic mass is 10.1. The van der Waals surface area contributed by atoms with Crippen LogP contribution in [0.25, 0.3) is 0 Å². The van der Waals surface area contributed by atoms with Gasteiger partial charge in [-0.25, -0.2) is 0 Å². The van der Waals surface area contributed by atoms with Crippen LogP contribution >= 0.6 is 12.0 Å². The van der Waals surface area contributed by atoms with Crippen molar-refractivity contribution in [1.82, 2.24) is 5.32 Å². The van der Waals surface area contributed by atoms with Crippen LogP contribution in [0.15, 0.2) is 29.3 Å². The van der Waals surface area contributed by atoms with E-state index in [0.717, 1.165) is 30.7 Å². The van der Waals surface area contributed by atoms with Crippen molar-refractivity contribution in [1.29, 1.82) is 0 Å². The van der Waals surface area contributed by atoms with Gasteiger partial charge in [-0.3, -0.25) is 4.99 Å². The van der Waals surface area contributed by atoms with E-state index in [4.69, 9.17) is 4.18 Å². The maximum absolute atomic E-state index is 5.35. The highest BCUT2D eigenvalue weighted by atomic mass is 32.2. The number of nitrogens with zero attached hydrogens (tertiary/aromatic N) is 2. The summed E-state index contributed by atoms with van der Waals surface area (Å²) in [5, 5.41) is 6.77. The first-order chi connectivity index (χ1) is 9.99. The summed E-state index contributed by atoms with van der Waals surface area (Å²) in [7, 11) is 1.79. The number of rotatable bonds is 2. The molecule has 0 amide bonds. The van der Waals surface area contributed by atoms with Crippen molar-refractivity contribution in [3.8, 4) is 0 Å². The summed E-state index contributed by atoms with van der Waals surface area (Å²) in [6.45, 7) is 7.99. The molecule has 21 heavy (non-hydrogen) atoms. The van der Waals surface area contributed by atoms with Gasteiger partial charge in [-0.05, 0) is 32.9 Å². The van der Waals surface area contributed by atoms with Gasteiger partial charge in [-0.15, -0.1) is 0 Å². The zero-order chi connectivity index (χ0) is 15.3. The van der Waals surface area contributed by atoms with Crippen molar-refractivity contribution in [3.05, 3.63) is 24.3 Å². The summed E-state index contributed by atoms with van der Waals surface area (Å²) in [5.41, 5.74) is 2.19. The quantitative estimate of drug-likeness (QED) is 0.500. The summed E-state index contributed by atoms with van der Waals surface area (Å²) in [5.74, 6) is 1.61. The molecule has 0 spiro atoms. The van der Waals surface area contributed by atoms with Gasteiger partial charge in [-0.2, -0.15) is 0 Å². The van der Waals surface area contributed by atoms with Gasteiger partial charge in [0.1, 0.15) is 0 Å². The Morgan fingerprint density at radius 3 is 2.71 bits per heavy atom. The zero-order valence-corrected chi connectivity index (χ0v) is 14.0. The normalized spacial score (nSPS) is 16.8. The Morgan fingerprint density at radius 1 is 1.33 bits per heavy atom. The lowest BCUT2D eigenvalue weighted by molar-refractivity contribution is 0.367. The van der Waals surface area contributed by atoms with E-state index >= 15 is 0 Å². The lowest BCUT2D eigenvalue weighted by Crippen LogP contribution is -2.44. The molecule has 2 N–H and O–H groups in total. The van der Waals surface area contributed by atoms with Crippen LogP contribution in [0.5, 0.6) is 0 Å². The number of hydrogen-bond acceptors (Lipinski definition) is 4. The standard InChI is InChI=1S/C15H24N4OS/c1-15(2,3)18-14(16-4)17-12-7-5-6-8-13(12)19-9-10-20-21-11-19/h5-8H,9-11H2,1-4H3,(H2,16,17,18). The molecule has 1 saturated heterocycles. The smallest absolute Gasteiger partial charge is 0.195 e. The fourth-order valence-corrected chi connectivity index (χ4v) is 2.71. The van der Waals surface area contributed by atoms with Gasteiger partial charge >= 0.3 is 0 Å². The third-order valence-corrected chi connectivity index (χ3v) is 3.70. The first-order valence-corrected chi connectivity index (χ1v) is 8.01. The molecule has 1 fully saturated rings. The molecule has 5 nitrogen and oxygen atoms in total. The van der Waals surface area contributed by atoms with E-state index in [1.165, 1.54) is 17.7 Å². The maximum Gasteiger partial charge on any atom is 0.195 e. The van der Waals surface area contributed by atoms with E-state index in [2.05, 4.69) is 59.5 Å². The highest BCUT2D eigenvalue weighted by Gasteiger charge is 2.17. The molecular formula is C15H24N4OS. The number of anilines is 2. The highest BCUT2D eigenvalue weighted by molar-refractivity contribution is 7.94. The molecule has 116 valence electrons. The topological polar surface area (TPSA) is 48.9 Å². The van der Waals surface area contributed by atoms with Crippen molar-refractivity contribution >= 4 is 29.4 Å². The molecule has 0 radical (unpaired) electrons. The molecular weight excluding hydrogens is 284 g/mol. The van der Waals surface area contributed by atoms with E-state index < -0.39 is 0 Å². The number of para-hydroxylation sites is 2. The molecule has 2 rings (SSSR count). The lowest BCUT2D eigenvalue weighted by Gasteiger charge is -2.30. The van der Waals surface area contributed by atoms with Crippen molar-refractivity contribution in [2.24, 2.45) is 4.99 Å². The average molecular weight is 308 g/mol. The number of benzene rings is 1. The van der Waals surface area contributed by atoms with E-state index in [-0.39, 0.29) is 5.54 Å². The Balaban J connectivity index is 2.15. The largest absolute Gasteiger partial charge is 0.356 e. The maximum atomic E-state index is 5.35. The van der Waals surface area contributed by atoms with Gasteiger partial charge < -0.3 is 19.7 Å². The summed E-state index contributed by atoms with van der Waals surface area (Å²) >= 11 is 1.49. The van der Waals surface area contributed by atoms with Gasteiger partial charge in [0.2, 0.25) is 0 Å². The Hall–Kier alpha value is -1.40. The summed E-state index contributed by atoms with van der Waals surface area (Å²) in [6, 6.07) is 8.29. The van der Waals surface area contributed by atoms with E-state index in [1.807, 2.05) is 6.07 Å². The molecule has 6 heteroatoms. The molecule has 0 aromatic heterocycles.